The van der Waals surface area contributed by atoms with Crippen LogP contribution in [0.5, 0.6) is 0 Å². The van der Waals surface area contributed by atoms with Crippen LogP contribution in [0, 0.1) is 0 Å². The molecule has 0 aliphatic heterocycles. The maximum Gasteiger partial charge on any atom is 0.254 e. The first-order valence-electron chi connectivity index (χ1n) is 7.36. The van der Waals surface area contributed by atoms with Crippen molar-refractivity contribution >= 4 is 29.9 Å². The van der Waals surface area contributed by atoms with E-state index in [-0.39, 0.29) is 24.2 Å². The second-order valence-corrected chi connectivity index (χ2v) is 5.82. The first kappa shape index (κ1) is 19.5. The predicted molar refractivity (Wildman–Crippen MR) is 95.9 cm³/mol. The molecular weight excluding hydrogens is 335 g/mol. The van der Waals surface area contributed by atoms with Crippen LogP contribution in [0.25, 0.3) is 5.69 Å². The van der Waals surface area contributed by atoms with Gasteiger partial charge in [0.15, 0.2) is 0 Å². The number of nitrogens with zero attached hydrogens (tertiary/aromatic N) is 2. The van der Waals surface area contributed by atoms with Gasteiger partial charge in [-0.2, -0.15) is 5.10 Å². The molecule has 1 aromatic carbocycles. The minimum atomic E-state index is -0.120. The van der Waals surface area contributed by atoms with Crippen molar-refractivity contribution in [2.24, 2.45) is 5.73 Å². The molecule has 1 amide bonds. The van der Waals surface area contributed by atoms with E-state index in [1.807, 2.05) is 38.1 Å². The van der Waals surface area contributed by atoms with Gasteiger partial charge in [-0.15, -0.1) is 12.4 Å². The van der Waals surface area contributed by atoms with Gasteiger partial charge in [0.2, 0.25) is 0 Å². The normalized spacial score (nSPS) is 10.5. The summed E-state index contributed by atoms with van der Waals surface area (Å²) in [5.41, 5.74) is 7.75. The van der Waals surface area contributed by atoms with Crippen molar-refractivity contribution in [3.63, 3.8) is 0 Å². The number of carbonyl (C=O) groups is 1. The summed E-state index contributed by atoms with van der Waals surface area (Å²) in [6.07, 6.45) is 2.36. The molecule has 0 bridgehead atoms. The Morgan fingerprint density at radius 3 is 2.78 bits per heavy atom. The molecule has 0 fully saturated rings. The number of benzene rings is 1. The SMILES string of the molecule is CC(C)c1c(C(=O)NCCCN)cnn1-c1cccc(Cl)c1.Cl. The minimum absolute atomic E-state index is 0. The highest BCUT2D eigenvalue weighted by molar-refractivity contribution is 6.30. The standard InChI is InChI=1S/C16H21ClN4O.ClH/c1-11(2)15-14(16(22)19-8-4-7-18)10-20-21(15)13-6-3-5-12(17)9-13;/h3,5-6,9-11H,4,7-8,18H2,1-2H3,(H,19,22);1H. The number of hydrogen-bond acceptors (Lipinski definition) is 3. The van der Waals surface area contributed by atoms with Gasteiger partial charge in [0, 0.05) is 11.6 Å². The maximum atomic E-state index is 12.3. The lowest BCUT2D eigenvalue weighted by atomic mass is 10.0. The lowest BCUT2D eigenvalue weighted by molar-refractivity contribution is 0.0952. The highest BCUT2D eigenvalue weighted by Crippen LogP contribution is 2.24. The molecule has 0 unspecified atom stereocenters. The molecule has 3 N–H and O–H groups in total. The summed E-state index contributed by atoms with van der Waals surface area (Å²) in [5.74, 6) is 0.0298. The first-order chi connectivity index (χ1) is 10.5. The van der Waals surface area contributed by atoms with Crippen molar-refractivity contribution in [1.29, 1.82) is 0 Å². The summed E-state index contributed by atoms with van der Waals surface area (Å²) in [5, 5.41) is 7.88. The van der Waals surface area contributed by atoms with Crippen LogP contribution >= 0.6 is 24.0 Å². The molecule has 0 radical (unpaired) electrons. The zero-order valence-electron chi connectivity index (χ0n) is 13.3. The van der Waals surface area contributed by atoms with Crippen molar-refractivity contribution in [2.75, 3.05) is 13.1 Å². The van der Waals surface area contributed by atoms with Gasteiger partial charge in [-0.3, -0.25) is 4.79 Å². The van der Waals surface area contributed by atoms with Crippen molar-refractivity contribution in [1.82, 2.24) is 15.1 Å². The largest absolute Gasteiger partial charge is 0.352 e. The molecule has 0 spiro atoms. The van der Waals surface area contributed by atoms with Gasteiger partial charge >= 0.3 is 0 Å². The Balaban J connectivity index is 0.00000264. The number of nitrogens with one attached hydrogen (secondary N) is 1. The zero-order chi connectivity index (χ0) is 16.1. The van der Waals surface area contributed by atoms with Crippen molar-refractivity contribution in [3.8, 4) is 5.69 Å². The van der Waals surface area contributed by atoms with Gasteiger partial charge in [0.05, 0.1) is 23.1 Å². The molecule has 1 aromatic heterocycles. The molecule has 23 heavy (non-hydrogen) atoms. The van der Waals surface area contributed by atoms with Crippen molar-refractivity contribution in [2.45, 2.75) is 26.2 Å². The summed E-state index contributed by atoms with van der Waals surface area (Å²) in [7, 11) is 0. The average Bonchev–Trinajstić information content (AvgIpc) is 2.92. The quantitative estimate of drug-likeness (QED) is 0.780. The van der Waals surface area contributed by atoms with E-state index >= 15 is 0 Å². The number of hydrogen-bond donors (Lipinski definition) is 2. The molecule has 1 heterocycles. The lowest BCUT2D eigenvalue weighted by Gasteiger charge is -2.13. The molecule has 0 saturated heterocycles. The summed E-state index contributed by atoms with van der Waals surface area (Å²) in [4.78, 5) is 12.3. The molecule has 126 valence electrons. The van der Waals surface area contributed by atoms with Crippen LogP contribution in [0.4, 0.5) is 0 Å². The van der Waals surface area contributed by atoms with E-state index < -0.39 is 0 Å². The lowest BCUT2D eigenvalue weighted by Crippen LogP contribution is -2.27. The van der Waals surface area contributed by atoms with Gasteiger partial charge < -0.3 is 11.1 Å². The van der Waals surface area contributed by atoms with E-state index in [9.17, 15) is 4.79 Å². The van der Waals surface area contributed by atoms with Crippen LogP contribution in [-0.2, 0) is 0 Å². The molecule has 0 atom stereocenters. The first-order valence-corrected chi connectivity index (χ1v) is 7.74. The second-order valence-electron chi connectivity index (χ2n) is 5.39. The van der Waals surface area contributed by atoms with Crippen LogP contribution in [0.3, 0.4) is 0 Å². The fraction of sp³-hybridized carbons (Fsp3) is 0.375. The van der Waals surface area contributed by atoms with Gasteiger partial charge in [-0.05, 0) is 37.1 Å². The van der Waals surface area contributed by atoms with E-state index in [1.165, 1.54) is 0 Å². The highest BCUT2D eigenvalue weighted by atomic mass is 35.5. The molecule has 0 aliphatic carbocycles. The number of aromatic nitrogens is 2. The van der Waals surface area contributed by atoms with E-state index in [1.54, 1.807) is 10.9 Å². The fourth-order valence-electron chi connectivity index (χ4n) is 2.30. The number of amides is 1. The Kier molecular flexibility index (Phi) is 7.55. The summed E-state index contributed by atoms with van der Waals surface area (Å²) in [6, 6.07) is 7.42. The third kappa shape index (κ3) is 4.70. The number of halogens is 2. The summed E-state index contributed by atoms with van der Waals surface area (Å²) < 4.78 is 1.77. The molecule has 5 nitrogen and oxygen atoms in total. The molecule has 0 saturated carbocycles. The monoisotopic (exact) mass is 356 g/mol. The topological polar surface area (TPSA) is 72.9 Å². The number of nitrogens with two attached hydrogens (primary N) is 1. The fourth-order valence-corrected chi connectivity index (χ4v) is 2.49. The molecule has 7 heteroatoms. The number of carbonyl (C=O) groups excluding carboxylic acids is 1. The van der Waals surface area contributed by atoms with Crippen LogP contribution in [0.15, 0.2) is 30.5 Å². The van der Waals surface area contributed by atoms with Crippen LogP contribution < -0.4 is 11.1 Å². The smallest absolute Gasteiger partial charge is 0.254 e. The zero-order valence-corrected chi connectivity index (χ0v) is 14.8. The molecule has 2 aromatic rings. The van der Waals surface area contributed by atoms with Crippen LogP contribution in [0.1, 0.15) is 42.2 Å². The Morgan fingerprint density at radius 1 is 1.43 bits per heavy atom. The molecule has 0 aliphatic rings. The molecular formula is C16H22Cl2N4O. The van der Waals surface area contributed by atoms with Crippen molar-refractivity contribution < 1.29 is 4.79 Å². The van der Waals surface area contributed by atoms with Gasteiger partial charge in [0.25, 0.3) is 5.91 Å². The van der Waals surface area contributed by atoms with Gasteiger partial charge in [-0.1, -0.05) is 31.5 Å². The minimum Gasteiger partial charge on any atom is -0.352 e. The van der Waals surface area contributed by atoms with Crippen LogP contribution in [0.2, 0.25) is 5.02 Å². The Labute approximate surface area is 147 Å². The van der Waals surface area contributed by atoms with Crippen molar-refractivity contribution in [3.05, 3.63) is 46.7 Å². The maximum absolute atomic E-state index is 12.3. The number of rotatable bonds is 6. The third-order valence-corrected chi connectivity index (χ3v) is 3.55. The predicted octanol–water partition coefficient (Wildman–Crippen LogP) is 3.15. The Morgan fingerprint density at radius 2 is 2.17 bits per heavy atom. The van der Waals surface area contributed by atoms with Crippen LogP contribution in [-0.4, -0.2) is 28.8 Å². The van der Waals surface area contributed by atoms with E-state index in [4.69, 9.17) is 17.3 Å². The van der Waals surface area contributed by atoms with Gasteiger partial charge in [0.1, 0.15) is 0 Å². The third-order valence-electron chi connectivity index (χ3n) is 3.32. The Bertz CT molecular complexity index is 655. The Hall–Kier alpha value is -1.56. The summed E-state index contributed by atoms with van der Waals surface area (Å²) in [6.45, 7) is 5.19. The van der Waals surface area contributed by atoms with E-state index in [0.29, 0.717) is 23.7 Å². The summed E-state index contributed by atoms with van der Waals surface area (Å²) >= 11 is 6.05. The second kappa shape index (κ2) is 8.91. The molecule has 2 rings (SSSR count). The average molecular weight is 357 g/mol. The van der Waals surface area contributed by atoms with E-state index in [2.05, 4.69) is 10.4 Å². The van der Waals surface area contributed by atoms with E-state index in [0.717, 1.165) is 17.8 Å². The van der Waals surface area contributed by atoms with Gasteiger partial charge in [-0.25, -0.2) is 4.68 Å². The highest BCUT2D eigenvalue weighted by Gasteiger charge is 2.20.